The lowest BCUT2D eigenvalue weighted by Crippen LogP contribution is -2.25. The third-order valence-corrected chi connectivity index (χ3v) is 6.55. The molecule has 6 rings (SSSR count). The van der Waals surface area contributed by atoms with Crippen molar-refractivity contribution >= 4 is 17.4 Å². The quantitative estimate of drug-likeness (QED) is 0.379. The summed E-state index contributed by atoms with van der Waals surface area (Å²) >= 11 is 0. The molecule has 1 atom stereocenters. The van der Waals surface area contributed by atoms with Crippen LogP contribution in [0.25, 0.3) is 11.5 Å². The SMILES string of the molecule is COc1cc([C@H]2CC(=O)Nc3c2c(C)nn3-c2ccc3nnc(C)n3n2)ccc1OCc1ccccc1. The van der Waals surface area contributed by atoms with Crippen LogP contribution in [0.3, 0.4) is 0 Å². The third-order valence-electron chi connectivity index (χ3n) is 6.55. The summed E-state index contributed by atoms with van der Waals surface area (Å²) in [6.45, 7) is 4.21. The minimum atomic E-state index is -0.199. The van der Waals surface area contributed by atoms with Gasteiger partial charge in [0.1, 0.15) is 12.4 Å². The van der Waals surface area contributed by atoms with Gasteiger partial charge in [0.2, 0.25) is 5.91 Å². The van der Waals surface area contributed by atoms with Crippen LogP contribution in [0.4, 0.5) is 5.82 Å². The molecular formula is C27H25N7O3. The molecule has 0 fully saturated rings. The number of aryl methyl sites for hydroxylation is 2. The summed E-state index contributed by atoms with van der Waals surface area (Å²) in [5.41, 5.74) is 4.41. The Morgan fingerprint density at radius 1 is 1.00 bits per heavy atom. The van der Waals surface area contributed by atoms with E-state index in [1.54, 1.807) is 16.3 Å². The molecule has 186 valence electrons. The Kier molecular flexibility index (Phi) is 5.56. The molecule has 10 nitrogen and oxygen atoms in total. The van der Waals surface area contributed by atoms with E-state index in [-0.39, 0.29) is 11.8 Å². The average Bonchev–Trinajstić information content (AvgIpc) is 3.46. The summed E-state index contributed by atoms with van der Waals surface area (Å²) < 4.78 is 15.0. The Labute approximate surface area is 212 Å². The fourth-order valence-electron chi connectivity index (χ4n) is 4.75. The Morgan fingerprint density at radius 3 is 2.65 bits per heavy atom. The summed E-state index contributed by atoms with van der Waals surface area (Å²) in [7, 11) is 1.62. The van der Waals surface area contributed by atoms with E-state index in [0.717, 1.165) is 22.4 Å². The van der Waals surface area contributed by atoms with Crippen molar-refractivity contribution in [1.29, 1.82) is 0 Å². The second kappa shape index (κ2) is 9.05. The van der Waals surface area contributed by atoms with Crippen LogP contribution in [0.5, 0.6) is 11.5 Å². The zero-order valence-corrected chi connectivity index (χ0v) is 20.7. The molecule has 0 saturated carbocycles. The highest BCUT2D eigenvalue weighted by molar-refractivity contribution is 5.95. The first-order valence-electron chi connectivity index (χ1n) is 12.0. The van der Waals surface area contributed by atoms with Crippen LogP contribution in [0.15, 0.2) is 60.7 Å². The summed E-state index contributed by atoms with van der Waals surface area (Å²) in [6, 6.07) is 19.4. The first-order chi connectivity index (χ1) is 18.0. The summed E-state index contributed by atoms with van der Waals surface area (Å²) in [5.74, 6) is 2.80. The highest BCUT2D eigenvalue weighted by atomic mass is 16.5. The fraction of sp³-hybridized carbons (Fsp3) is 0.222. The minimum Gasteiger partial charge on any atom is -0.493 e. The van der Waals surface area contributed by atoms with E-state index in [9.17, 15) is 4.79 Å². The van der Waals surface area contributed by atoms with Gasteiger partial charge in [-0.25, -0.2) is 0 Å². The van der Waals surface area contributed by atoms with Gasteiger partial charge in [0.15, 0.2) is 28.8 Å². The number of methoxy groups -OCH3 is 1. The van der Waals surface area contributed by atoms with Crippen molar-refractivity contribution < 1.29 is 14.3 Å². The molecule has 37 heavy (non-hydrogen) atoms. The van der Waals surface area contributed by atoms with E-state index < -0.39 is 0 Å². The molecule has 1 amide bonds. The van der Waals surface area contributed by atoms with Gasteiger partial charge in [-0.1, -0.05) is 36.4 Å². The second-order valence-electron chi connectivity index (χ2n) is 8.96. The topological polar surface area (TPSA) is 108 Å². The number of nitrogens with zero attached hydrogens (tertiary/aromatic N) is 6. The summed E-state index contributed by atoms with van der Waals surface area (Å²) in [4.78, 5) is 12.9. The van der Waals surface area contributed by atoms with Crippen LogP contribution in [0.2, 0.25) is 0 Å². The van der Waals surface area contributed by atoms with Gasteiger partial charge in [-0.2, -0.15) is 14.3 Å². The van der Waals surface area contributed by atoms with Crippen LogP contribution >= 0.6 is 0 Å². The van der Waals surface area contributed by atoms with Crippen molar-refractivity contribution in [2.45, 2.75) is 32.8 Å². The molecule has 0 bridgehead atoms. The largest absolute Gasteiger partial charge is 0.493 e. The number of nitrogens with one attached hydrogen (secondary N) is 1. The second-order valence-corrected chi connectivity index (χ2v) is 8.96. The molecule has 1 N–H and O–H groups in total. The Morgan fingerprint density at radius 2 is 1.84 bits per heavy atom. The highest BCUT2D eigenvalue weighted by Crippen LogP contribution is 2.42. The molecule has 5 aromatic rings. The highest BCUT2D eigenvalue weighted by Gasteiger charge is 2.33. The maximum atomic E-state index is 12.9. The number of hydrogen-bond donors (Lipinski definition) is 1. The van der Waals surface area contributed by atoms with Crippen LogP contribution < -0.4 is 14.8 Å². The number of aromatic nitrogens is 6. The number of carbonyl (C=O) groups excluding carboxylic acids is 1. The number of fused-ring (bicyclic) bond motifs is 2. The molecule has 1 aliphatic rings. The van der Waals surface area contributed by atoms with Crippen molar-refractivity contribution in [2.75, 3.05) is 12.4 Å². The molecule has 0 aliphatic carbocycles. The fourth-order valence-corrected chi connectivity index (χ4v) is 4.75. The van der Waals surface area contributed by atoms with Crippen molar-refractivity contribution in [1.82, 2.24) is 29.6 Å². The third kappa shape index (κ3) is 4.06. The smallest absolute Gasteiger partial charge is 0.226 e. The lowest BCUT2D eigenvalue weighted by atomic mass is 9.85. The number of amides is 1. The number of anilines is 1. The number of hydrogen-bond acceptors (Lipinski definition) is 7. The van der Waals surface area contributed by atoms with Gasteiger partial charge in [0, 0.05) is 17.9 Å². The van der Waals surface area contributed by atoms with Crippen LogP contribution in [0.1, 0.15) is 40.5 Å². The maximum absolute atomic E-state index is 12.9. The number of carbonyl (C=O) groups is 1. The van der Waals surface area contributed by atoms with Gasteiger partial charge in [-0.15, -0.1) is 15.3 Å². The molecule has 0 unspecified atom stereocenters. The van der Waals surface area contributed by atoms with Gasteiger partial charge in [0.05, 0.1) is 12.8 Å². The molecule has 0 saturated heterocycles. The minimum absolute atomic E-state index is 0.0939. The van der Waals surface area contributed by atoms with E-state index in [0.29, 0.717) is 47.6 Å². The van der Waals surface area contributed by atoms with Gasteiger partial charge in [0.25, 0.3) is 0 Å². The van der Waals surface area contributed by atoms with Gasteiger partial charge in [-0.3, -0.25) is 4.79 Å². The van der Waals surface area contributed by atoms with Crippen LogP contribution in [-0.2, 0) is 11.4 Å². The molecule has 1 aliphatic heterocycles. The lowest BCUT2D eigenvalue weighted by Gasteiger charge is -2.25. The molecule has 0 radical (unpaired) electrons. The first-order valence-corrected chi connectivity index (χ1v) is 12.0. The molecule has 0 spiro atoms. The lowest BCUT2D eigenvalue weighted by molar-refractivity contribution is -0.116. The van der Waals surface area contributed by atoms with Crippen LogP contribution in [-0.4, -0.2) is 42.6 Å². The molecule has 3 aromatic heterocycles. The molecule has 10 heteroatoms. The van der Waals surface area contributed by atoms with E-state index in [1.807, 2.05) is 74.5 Å². The van der Waals surface area contributed by atoms with Gasteiger partial charge >= 0.3 is 0 Å². The van der Waals surface area contributed by atoms with E-state index in [1.165, 1.54) is 0 Å². The monoisotopic (exact) mass is 495 g/mol. The van der Waals surface area contributed by atoms with E-state index >= 15 is 0 Å². The van der Waals surface area contributed by atoms with Crippen molar-refractivity contribution in [3.8, 4) is 17.3 Å². The number of rotatable bonds is 6. The molecular weight excluding hydrogens is 470 g/mol. The molecule has 4 heterocycles. The molecule has 2 aromatic carbocycles. The van der Waals surface area contributed by atoms with Crippen LogP contribution in [0, 0.1) is 13.8 Å². The standard InChI is InChI=1S/C27H25N7O3/c1-16-26-20(19-9-10-21(22(13-19)36-3)37-15-18-7-5-4-6-8-18)14-25(35)28-27(26)34(31-16)24-12-11-23-30-29-17(2)33(23)32-24/h4-13,20H,14-15H2,1-3H3,(H,28,35)/t20-/m1/s1. The van der Waals surface area contributed by atoms with E-state index in [2.05, 4.69) is 20.6 Å². The summed E-state index contributed by atoms with van der Waals surface area (Å²) in [5, 5.41) is 20.6. The van der Waals surface area contributed by atoms with Gasteiger partial charge in [-0.05, 0) is 49.2 Å². The normalized spacial score (nSPS) is 14.9. The zero-order valence-electron chi connectivity index (χ0n) is 20.7. The Hall–Kier alpha value is -4.73. The first kappa shape index (κ1) is 22.7. The average molecular weight is 496 g/mol. The number of benzene rings is 2. The predicted molar refractivity (Wildman–Crippen MR) is 136 cm³/mol. The Balaban J connectivity index is 1.36. The van der Waals surface area contributed by atoms with E-state index in [4.69, 9.17) is 14.6 Å². The Bertz CT molecular complexity index is 1620. The zero-order chi connectivity index (χ0) is 25.5. The summed E-state index contributed by atoms with van der Waals surface area (Å²) in [6.07, 6.45) is 0.296. The maximum Gasteiger partial charge on any atom is 0.226 e. The number of ether oxygens (including phenoxy) is 2. The van der Waals surface area contributed by atoms with Crippen molar-refractivity contribution in [3.05, 3.63) is 88.9 Å². The van der Waals surface area contributed by atoms with Crippen molar-refractivity contribution in [3.63, 3.8) is 0 Å². The van der Waals surface area contributed by atoms with Crippen molar-refractivity contribution in [2.24, 2.45) is 0 Å². The predicted octanol–water partition coefficient (Wildman–Crippen LogP) is 3.99. The van der Waals surface area contributed by atoms with Gasteiger partial charge < -0.3 is 14.8 Å².